The number of aromatic hydroxyl groups is 3. The molecule has 9 N–H and O–H groups in total. The Kier molecular flexibility index (Phi) is 7.83. The number of ketones is 2. The zero-order valence-corrected chi connectivity index (χ0v) is 25.4. The molecule has 1 fully saturated rings. The molecule has 3 aliphatic rings. The standard InChI is InChI=1S/C32H34N4O10/c1-35(2)18-12-17(34-21(39)8-6-13-5-7-19(37)20(38)9-13)26(40)23-15(18)10-14-11-16-25(36(3)4)28(42)24(31(33)45)30(44)32(16,46)29(43)22(14)27(23)41/h5-9,12,14,16,25,37-38,40-41,44,46H,10-11H2,1-4H3,(H2,33,45)(H,34,39)/b8-6+. The lowest BCUT2D eigenvalue weighted by atomic mass is 9.57. The number of nitrogens with two attached hydrogens (primary N) is 1. The molecule has 0 bridgehead atoms. The summed E-state index contributed by atoms with van der Waals surface area (Å²) in [6.07, 6.45) is 2.49. The largest absolute Gasteiger partial charge is 0.508 e. The van der Waals surface area contributed by atoms with Crippen molar-refractivity contribution in [3.05, 3.63) is 63.9 Å². The minimum Gasteiger partial charge on any atom is -0.508 e. The lowest BCUT2D eigenvalue weighted by Gasteiger charge is -2.50. The zero-order chi connectivity index (χ0) is 34.0. The van der Waals surface area contributed by atoms with Gasteiger partial charge in [-0.15, -0.1) is 0 Å². The number of hydrogen-bond acceptors (Lipinski definition) is 12. The van der Waals surface area contributed by atoms with E-state index >= 15 is 0 Å². The first-order chi connectivity index (χ1) is 21.5. The number of anilines is 2. The molecule has 14 heteroatoms. The minimum atomic E-state index is -2.77. The number of carbonyl (C=O) groups is 4. The maximum Gasteiger partial charge on any atom is 0.255 e. The van der Waals surface area contributed by atoms with Gasteiger partial charge in [-0.2, -0.15) is 0 Å². The highest BCUT2D eigenvalue weighted by molar-refractivity contribution is 6.24. The van der Waals surface area contributed by atoms with Gasteiger partial charge in [0.2, 0.25) is 11.7 Å². The molecule has 2 amide bonds. The number of amides is 2. The van der Waals surface area contributed by atoms with Gasteiger partial charge in [0.15, 0.2) is 22.9 Å². The number of carbonyl (C=O) groups excluding carboxylic acids is 4. The van der Waals surface area contributed by atoms with Gasteiger partial charge in [-0.05, 0) is 68.3 Å². The maximum absolute atomic E-state index is 14.1. The topological polar surface area (TPSA) is 234 Å². The van der Waals surface area contributed by atoms with E-state index in [1.807, 2.05) is 0 Å². The summed E-state index contributed by atoms with van der Waals surface area (Å²) in [7, 11) is 6.45. The predicted molar refractivity (Wildman–Crippen MR) is 166 cm³/mol. The first kappa shape index (κ1) is 32.1. The maximum atomic E-state index is 14.1. The normalized spacial score (nSPS) is 24.2. The molecule has 0 radical (unpaired) electrons. The number of hydrogen-bond donors (Lipinski definition) is 8. The summed E-state index contributed by atoms with van der Waals surface area (Å²) in [5.41, 5.74) is 2.39. The molecule has 0 aromatic heterocycles. The highest BCUT2D eigenvalue weighted by Crippen LogP contribution is 2.54. The van der Waals surface area contributed by atoms with Crippen molar-refractivity contribution in [2.75, 3.05) is 38.4 Å². The van der Waals surface area contributed by atoms with Crippen molar-refractivity contribution < 1.29 is 49.8 Å². The number of likely N-dealkylation sites (N-methyl/N-ethyl adjacent to an activating group) is 1. The number of rotatable bonds is 6. The molecule has 4 unspecified atom stereocenters. The van der Waals surface area contributed by atoms with Crippen molar-refractivity contribution in [3.8, 4) is 17.2 Å². The highest BCUT2D eigenvalue weighted by Gasteiger charge is 2.64. The SMILES string of the molecule is CN(C)c1cc(NC(=O)/C=C/c2ccc(O)c(O)c2)c(O)c2c1CC1CC3C(N(C)C)C(=O)C(C(N)=O)=C(O)C3(O)C(=O)C1=C2O. The van der Waals surface area contributed by atoms with Gasteiger partial charge in [0.1, 0.15) is 22.8 Å². The highest BCUT2D eigenvalue weighted by atomic mass is 16.3. The zero-order valence-electron chi connectivity index (χ0n) is 25.4. The van der Waals surface area contributed by atoms with Gasteiger partial charge < -0.3 is 46.6 Å². The van der Waals surface area contributed by atoms with E-state index in [1.165, 1.54) is 49.3 Å². The van der Waals surface area contributed by atoms with E-state index in [0.717, 1.165) is 6.08 Å². The van der Waals surface area contributed by atoms with Crippen LogP contribution in [0.3, 0.4) is 0 Å². The Morgan fingerprint density at radius 2 is 1.70 bits per heavy atom. The summed E-state index contributed by atoms with van der Waals surface area (Å²) in [6, 6.07) is 4.24. The molecule has 242 valence electrons. The summed E-state index contributed by atoms with van der Waals surface area (Å²) in [4.78, 5) is 55.5. The number of fused-ring (bicyclic) bond motifs is 3. The van der Waals surface area contributed by atoms with Crippen LogP contribution in [0, 0.1) is 11.8 Å². The van der Waals surface area contributed by atoms with Gasteiger partial charge in [-0.1, -0.05) is 6.07 Å². The molecule has 3 aliphatic carbocycles. The van der Waals surface area contributed by atoms with Crippen LogP contribution < -0.4 is 16.0 Å². The summed E-state index contributed by atoms with van der Waals surface area (Å²) < 4.78 is 0. The first-order valence-electron chi connectivity index (χ1n) is 14.2. The number of aliphatic hydroxyl groups is 3. The Morgan fingerprint density at radius 1 is 1.02 bits per heavy atom. The molecule has 14 nitrogen and oxygen atoms in total. The van der Waals surface area contributed by atoms with Crippen LogP contribution >= 0.6 is 0 Å². The third-order valence-corrected chi connectivity index (χ3v) is 8.86. The lowest BCUT2D eigenvalue weighted by Crippen LogP contribution is -2.65. The summed E-state index contributed by atoms with van der Waals surface area (Å²) in [6.45, 7) is 0. The molecular weight excluding hydrogens is 600 g/mol. The van der Waals surface area contributed by atoms with E-state index in [4.69, 9.17) is 5.73 Å². The molecule has 5 rings (SSSR count). The first-order valence-corrected chi connectivity index (χ1v) is 14.2. The van der Waals surface area contributed by atoms with E-state index in [1.54, 1.807) is 19.0 Å². The fourth-order valence-corrected chi connectivity index (χ4v) is 6.78. The number of phenols is 3. The Hall–Kier alpha value is -5.34. The molecule has 0 saturated heterocycles. The second kappa shape index (κ2) is 11.2. The Balaban J connectivity index is 1.61. The van der Waals surface area contributed by atoms with Crippen LogP contribution in [0.15, 0.2) is 47.2 Å². The number of primary amides is 1. The van der Waals surface area contributed by atoms with E-state index in [-0.39, 0.29) is 41.2 Å². The van der Waals surface area contributed by atoms with Crippen molar-refractivity contribution in [2.45, 2.75) is 24.5 Å². The van der Waals surface area contributed by atoms with Crippen LogP contribution in [0.2, 0.25) is 0 Å². The fraction of sp³-hybridized carbons (Fsp3) is 0.312. The third-order valence-electron chi connectivity index (χ3n) is 8.86. The number of nitrogens with zero attached hydrogens (tertiary/aromatic N) is 2. The monoisotopic (exact) mass is 634 g/mol. The number of aliphatic hydroxyl groups excluding tert-OH is 2. The molecule has 0 spiro atoms. The number of nitrogens with one attached hydrogen (secondary N) is 1. The molecule has 0 heterocycles. The van der Waals surface area contributed by atoms with Crippen molar-refractivity contribution in [2.24, 2.45) is 17.6 Å². The van der Waals surface area contributed by atoms with E-state index in [9.17, 15) is 49.8 Å². The summed E-state index contributed by atoms with van der Waals surface area (Å²) in [5.74, 6) is -9.13. The summed E-state index contributed by atoms with van der Waals surface area (Å²) >= 11 is 0. The molecule has 1 saturated carbocycles. The molecule has 2 aromatic rings. The second-order valence-electron chi connectivity index (χ2n) is 12.1. The van der Waals surface area contributed by atoms with E-state index < -0.39 is 69.7 Å². The molecular formula is C32H34N4O10. The third kappa shape index (κ3) is 4.82. The van der Waals surface area contributed by atoms with Crippen molar-refractivity contribution in [1.29, 1.82) is 0 Å². The molecule has 46 heavy (non-hydrogen) atoms. The average Bonchev–Trinajstić information content (AvgIpc) is 2.96. The van der Waals surface area contributed by atoms with Crippen LogP contribution in [0.25, 0.3) is 11.8 Å². The Bertz CT molecular complexity index is 1810. The van der Waals surface area contributed by atoms with Crippen LogP contribution in [-0.2, 0) is 25.6 Å². The number of benzene rings is 2. The van der Waals surface area contributed by atoms with Gasteiger partial charge in [0.05, 0.1) is 17.3 Å². The Labute approximate surface area is 263 Å². The van der Waals surface area contributed by atoms with Gasteiger partial charge in [-0.3, -0.25) is 24.1 Å². The lowest BCUT2D eigenvalue weighted by molar-refractivity contribution is -0.153. The van der Waals surface area contributed by atoms with Crippen LogP contribution in [0.4, 0.5) is 11.4 Å². The number of Topliss-reactive ketones (excluding diaryl/α,β-unsaturated/α-hetero) is 2. The van der Waals surface area contributed by atoms with E-state index in [2.05, 4.69) is 5.32 Å². The number of phenolic OH excluding ortho intramolecular Hbond substituents is 3. The quantitative estimate of drug-likeness (QED) is 0.127. The van der Waals surface area contributed by atoms with Crippen LogP contribution in [0.1, 0.15) is 23.1 Å². The van der Waals surface area contributed by atoms with E-state index in [0.29, 0.717) is 16.8 Å². The minimum absolute atomic E-state index is 0.0600. The molecule has 2 aromatic carbocycles. The fourth-order valence-electron chi connectivity index (χ4n) is 6.78. The smallest absolute Gasteiger partial charge is 0.255 e. The van der Waals surface area contributed by atoms with Crippen LogP contribution in [0.5, 0.6) is 17.2 Å². The Morgan fingerprint density at radius 3 is 2.28 bits per heavy atom. The van der Waals surface area contributed by atoms with Crippen molar-refractivity contribution in [3.63, 3.8) is 0 Å². The molecule has 4 atom stereocenters. The van der Waals surface area contributed by atoms with Gasteiger partial charge in [0, 0.05) is 37.3 Å². The second-order valence-corrected chi connectivity index (χ2v) is 12.1. The van der Waals surface area contributed by atoms with Crippen molar-refractivity contribution in [1.82, 2.24) is 4.90 Å². The van der Waals surface area contributed by atoms with Crippen molar-refractivity contribution >= 4 is 46.6 Å². The van der Waals surface area contributed by atoms with Gasteiger partial charge in [0.25, 0.3) is 5.91 Å². The van der Waals surface area contributed by atoms with Crippen LogP contribution in [-0.4, -0.2) is 98.8 Å². The average molecular weight is 635 g/mol. The van der Waals surface area contributed by atoms with Gasteiger partial charge in [-0.25, -0.2) is 0 Å². The molecule has 0 aliphatic heterocycles. The predicted octanol–water partition coefficient (Wildman–Crippen LogP) is 1.09. The van der Waals surface area contributed by atoms with Gasteiger partial charge >= 0.3 is 0 Å². The summed E-state index contributed by atoms with van der Waals surface area (Å²) in [5, 5.41) is 67.5.